The molecule has 0 unspecified atom stereocenters. The molecule has 0 spiro atoms. The molecule has 1 aromatic heterocycles. The van der Waals surface area contributed by atoms with Crippen molar-refractivity contribution in [2.75, 3.05) is 24.5 Å². The van der Waals surface area contributed by atoms with Crippen LogP contribution in [0.2, 0.25) is 5.28 Å². The van der Waals surface area contributed by atoms with Gasteiger partial charge in [0, 0.05) is 19.3 Å². The van der Waals surface area contributed by atoms with Crippen molar-refractivity contribution in [3.63, 3.8) is 0 Å². The third kappa shape index (κ3) is 2.38. The van der Waals surface area contributed by atoms with Crippen LogP contribution in [-0.4, -0.2) is 35.5 Å². The summed E-state index contributed by atoms with van der Waals surface area (Å²) in [6, 6.07) is 0. The lowest BCUT2D eigenvalue weighted by atomic mass is 10.3. The van der Waals surface area contributed by atoms with Crippen LogP contribution in [0, 0.1) is 0 Å². The van der Waals surface area contributed by atoms with Gasteiger partial charge in [0.05, 0.1) is 11.0 Å². The molecule has 1 fully saturated rings. The number of rotatable bonds is 1. The zero-order chi connectivity index (χ0) is 10.8. The minimum Gasteiger partial charge on any atom is -0.353 e. The Morgan fingerprint density at radius 3 is 3.13 bits per heavy atom. The summed E-state index contributed by atoms with van der Waals surface area (Å²) in [4.78, 5) is 21.0. The second-order valence-corrected chi connectivity index (χ2v) is 4.27. The van der Waals surface area contributed by atoms with Gasteiger partial charge in [0.1, 0.15) is 5.82 Å². The van der Waals surface area contributed by atoms with Crippen LogP contribution < -0.4 is 10.2 Å². The Hall–Kier alpha value is -0.880. The molecule has 2 heterocycles. The molecule has 80 valence electrons. The van der Waals surface area contributed by atoms with Gasteiger partial charge in [0.15, 0.2) is 0 Å². The lowest BCUT2D eigenvalue weighted by molar-refractivity contribution is -0.120. The topological polar surface area (TPSA) is 58.1 Å². The number of hydrogen-bond donors (Lipinski definition) is 1. The molecule has 0 saturated carbocycles. The van der Waals surface area contributed by atoms with Gasteiger partial charge in [-0.2, -0.15) is 4.98 Å². The van der Waals surface area contributed by atoms with E-state index in [1.54, 1.807) is 6.20 Å². The number of halogens is 2. The largest absolute Gasteiger partial charge is 0.353 e. The van der Waals surface area contributed by atoms with Crippen molar-refractivity contribution in [2.24, 2.45) is 0 Å². The maximum absolute atomic E-state index is 11.2. The van der Waals surface area contributed by atoms with E-state index in [4.69, 9.17) is 11.6 Å². The molecule has 5 nitrogen and oxygen atoms in total. The van der Waals surface area contributed by atoms with Crippen molar-refractivity contribution in [2.45, 2.75) is 0 Å². The van der Waals surface area contributed by atoms with E-state index in [9.17, 15) is 4.79 Å². The highest BCUT2D eigenvalue weighted by Crippen LogP contribution is 2.24. The van der Waals surface area contributed by atoms with Gasteiger partial charge >= 0.3 is 0 Å². The first-order chi connectivity index (χ1) is 7.16. The molecule has 0 aromatic carbocycles. The first-order valence-corrected chi connectivity index (χ1v) is 5.53. The summed E-state index contributed by atoms with van der Waals surface area (Å²) in [6.45, 7) is 1.64. The zero-order valence-corrected chi connectivity index (χ0v) is 10.0. The van der Waals surface area contributed by atoms with Crippen molar-refractivity contribution in [1.82, 2.24) is 15.3 Å². The summed E-state index contributed by atoms with van der Waals surface area (Å²) < 4.78 is 0.738. The molecular weight excluding hydrogens is 283 g/mol. The summed E-state index contributed by atoms with van der Waals surface area (Å²) >= 11 is 9.03. The first-order valence-electron chi connectivity index (χ1n) is 4.36. The third-order valence-electron chi connectivity index (χ3n) is 2.03. The SMILES string of the molecule is O=C1CN(c2nc(Cl)ncc2Br)CCN1. The molecule has 0 radical (unpaired) electrons. The van der Waals surface area contributed by atoms with Crippen LogP contribution in [0.1, 0.15) is 0 Å². The molecule has 0 atom stereocenters. The van der Waals surface area contributed by atoms with Gasteiger partial charge in [-0.05, 0) is 27.5 Å². The highest BCUT2D eigenvalue weighted by atomic mass is 79.9. The number of hydrogen-bond acceptors (Lipinski definition) is 4. The highest BCUT2D eigenvalue weighted by molar-refractivity contribution is 9.10. The van der Waals surface area contributed by atoms with Gasteiger partial charge in [-0.15, -0.1) is 0 Å². The van der Waals surface area contributed by atoms with Crippen LogP contribution in [-0.2, 0) is 4.79 Å². The fourth-order valence-electron chi connectivity index (χ4n) is 1.38. The highest BCUT2D eigenvalue weighted by Gasteiger charge is 2.19. The minimum absolute atomic E-state index is 0.0112. The van der Waals surface area contributed by atoms with Crippen LogP contribution >= 0.6 is 27.5 Å². The maximum Gasteiger partial charge on any atom is 0.239 e. The van der Waals surface area contributed by atoms with Gasteiger partial charge in [0.2, 0.25) is 11.2 Å². The number of amides is 1. The molecule has 2 rings (SSSR count). The van der Waals surface area contributed by atoms with Gasteiger partial charge < -0.3 is 10.2 Å². The molecule has 15 heavy (non-hydrogen) atoms. The van der Waals surface area contributed by atoms with Crippen molar-refractivity contribution < 1.29 is 4.79 Å². The molecule has 0 bridgehead atoms. The zero-order valence-electron chi connectivity index (χ0n) is 7.70. The molecule has 1 aliphatic rings. The smallest absolute Gasteiger partial charge is 0.239 e. The van der Waals surface area contributed by atoms with E-state index in [1.165, 1.54) is 0 Å². The van der Waals surface area contributed by atoms with Gasteiger partial charge in [-0.3, -0.25) is 4.79 Å². The fourth-order valence-corrected chi connectivity index (χ4v) is 1.95. The number of aromatic nitrogens is 2. The normalized spacial score (nSPS) is 16.4. The number of nitrogens with zero attached hydrogens (tertiary/aromatic N) is 3. The Labute approximate surface area is 100.0 Å². The minimum atomic E-state index is -0.0112. The second-order valence-electron chi connectivity index (χ2n) is 3.08. The quantitative estimate of drug-likeness (QED) is 0.779. The summed E-state index contributed by atoms with van der Waals surface area (Å²) in [5.41, 5.74) is 0. The Balaban J connectivity index is 2.27. The van der Waals surface area contributed by atoms with Crippen molar-refractivity contribution >= 4 is 39.3 Å². The summed E-state index contributed by atoms with van der Waals surface area (Å²) in [7, 11) is 0. The number of piperazine rings is 1. The van der Waals surface area contributed by atoms with E-state index in [1.807, 2.05) is 4.90 Å². The molecule has 7 heteroatoms. The molecule has 1 aromatic rings. The van der Waals surface area contributed by atoms with Crippen LogP contribution in [0.3, 0.4) is 0 Å². The number of nitrogens with one attached hydrogen (secondary N) is 1. The second kappa shape index (κ2) is 4.32. The molecular formula is C8H8BrClN4O. The standard InChI is InChI=1S/C8H8BrClN4O/c9-5-3-12-8(10)13-7(5)14-2-1-11-6(15)4-14/h3H,1-2,4H2,(H,11,15). The Bertz CT molecular complexity index is 400. The van der Waals surface area contributed by atoms with Gasteiger partial charge in [-0.1, -0.05) is 0 Å². The summed E-state index contributed by atoms with van der Waals surface area (Å²) in [5.74, 6) is 0.646. The van der Waals surface area contributed by atoms with Crippen molar-refractivity contribution in [3.05, 3.63) is 16.0 Å². The van der Waals surface area contributed by atoms with Crippen LogP contribution in [0.4, 0.5) is 5.82 Å². The maximum atomic E-state index is 11.2. The van der Waals surface area contributed by atoms with E-state index >= 15 is 0 Å². The van der Waals surface area contributed by atoms with Gasteiger partial charge in [-0.25, -0.2) is 4.98 Å². The average Bonchev–Trinajstić information content (AvgIpc) is 2.22. The fraction of sp³-hybridized carbons (Fsp3) is 0.375. The molecule has 1 aliphatic heterocycles. The molecule has 1 amide bonds. The third-order valence-corrected chi connectivity index (χ3v) is 2.78. The van der Waals surface area contributed by atoms with Crippen LogP contribution in [0.5, 0.6) is 0 Å². The van der Waals surface area contributed by atoms with Crippen LogP contribution in [0.25, 0.3) is 0 Å². The molecule has 1 saturated heterocycles. The number of carbonyl (C=O) groups excluding carboxylic acids is 1. The van der Waals surface area contributed by atoms with Gasteiger partial charge in [0.25, 0.3) is 0 Å². The molecule has 1 N–H and O–H groups in total. The Morgan fingerprint density at radius 1 is 1.60 bits per heavy atom. The van der Waals surface area contributed by atoms with Crippen molar-refractivity contribution in [3.8, 4) is 0 Å². The number of anilines is 1. The summed E-state index contributed by atoms with van der Waals surface area (Å²) in [6.07, 6.45) is 1.58. The van der Waals surface area contributed by atoms with E-state index in [2.05, 4.69) is 31.2 Å². The van der Waals surface area contributed by atoms with E-state index in [0.29, 0.717) is 18.9 Å². The first kappa shape index (κ1) is 10.6. The van der Waals surface area contributed by atoms with Crippen LogP contribution in [0.15, 0.2) is 10.7 Å². The Kier molecular flexibility index (Phi) is 3.06. The average molecular weight is 292 g/mol. The van der Waals surface area contributed by atoms with E-state index in [0.717, 1.165) is 11.0 Å². The van der Waals surface area contributed by atoms with Crippen molar-refractivity contribution in [1.29, 1.82) is 0 Å². The lowest BCUT2D eigenvalue weighted by Gasteiger charge is -2.28. The lowest BCUT2D eigenvalue weighted by Crippen LogP contribution is -2.48. The van der Waals surface area contributed by atoms with E-state index < -0.39 is 0 Å². The summed E-state index contributed by atoms with van der Waals surface area (Å²) in [5, 5.41) is 2.92. The molecule has 0 aliphatic carbocycles. The predicted octanol–water partition coefficient (Wildman–Crippen LogP) is 0.829. The monoisotopic (exact) mass is 290 g/mol. The Morgan fingerprint density at radius 2 is 2.40 bits per heavy atom. The predicted molar refractivity (Wildman–Crippen MR) is 60.0 cm³/mol. The van der Waals surface area contributed by atoms with E-state index in [-0.39, 0.29) is 11.2 Å². The number of carbonyl (C=O) groups is 1.